The van der Waals surface area contributed by atoms with Crippen LogP contribution < -0.4 is 24.8 Å². The summed E-state index contributed by atoms with van der Waals surface area (Å²) in [6.45, 7) is 0.279. The summed E-state index contributed by atoms with van der Waals surface area (Å²) in [6.07, 6.45) is 1.79. The highest BCUT2D eigenvalue weighted by atomic mass is 35.5. The van der Waals surface area contributed by atoms with Crippen LogP contribution in [0.15, 0.2) is 59.8 Å². The number of hydrogen-bond acceptors (Lipinski definition) is 8. The lowest BCUT2D eigenvalue weighted by molar-refractivity contribution is -0.119. The Morgan fingerprint density at radius 2 is 1.83 bits per heavy atom. The van der Waals surface area contributed by atoms with Gasteiger partial charge in [0.05, 0.1) is 23.6 Å². The lowest BCUT2D eigenvalue weighted by Crippen LogP contribution is -2.34. The predicted octanol–water partition coefficient (Wildman–Crippen LogP) is 4.27. The Balaban J connectivity index is 1.45. The molecule has 0 saturated carbocycles. The first-order valence-corrected chi connectivity index (χ1v) is 13.0. The number of ether oxygens (including phenoxy) is 2. The number of sulfonamides is 1. The molecule has 1 heterocycles. The molecule has 10 nitrogen and oxygen atoms in total. The number of carbonyl (C=O) groups is 1. The molecule has 1 aromatic heterocycles. The topological polar surface area (TPSA) is 132 Å². The second-order valence-electron chi connectivity index (χ2n) is 7.10. The number of amides is 1. The van der Waals surface area contributed by atoms with Crippen LogP contribution in [-0.4, -0.2) is 43.1 Å². The summed E-state index contributed by atoms with van der Waals surface area (Å²) in [4.78, 5) is 19.8. The van der Waals surface area contributed by atoms with Crippen LogP contribution in [0.1, 0.15) is 12.8 Å². The van der Waals surface area contributed by atoms with E-state index in [1.165, 1.54) is 43.8 Å². The SMILES string of the molecule is COc1cc(NS(=O)(=O)c2ccc(NC(=S)NC(=O)CCCOc3ccc(Cl)cc3Cl)cc2)ncn1. The van der Waals surface area contributed by atoms with Crippen molar-refractivity contribution in [3.8, 4) is 11.6 Å². The van der Waals surface area contributed by atoms with Crippen molar-refractivity contribution < 1.29 is 22.7 Å². The highest BCUT2D eigenvalue weighted by Gasteiger charge is 2.16. The maximum atomic E-state index is 12.6. The molecule has 0 aliphatic carbocycles. The number of thiocarbonyl (C=S) groups is 1. The molecule has 0 saturated heterocycles. The Labute approximate surface area is 223 Å². The molecule has 0 spiro atoms. The average Bonchev–Trinajstić information content (AvgIpc) is 2.83. The summed E-state index contributed by atoms with van der Waals surface area (Å²) in [5, 5.41) is 6.36. The molecule has 0 fully saturated rings. The van der Waals surface area contributed by atoms with E-state index in [1.54, 1.807) is 18.2 Å². The van der Waals surface area contributed by atoms with E-state index in [-0.39, 0.29) is 40.6 Å². The molecule has 0 atom stereocenters. The summed E-state index contributed by atoms with van der Waals surface area (Å²) in [5.74, 6) is 0.462. The number of methoxy groups -OCH3 is 1. The summed E-state index contributed by atoms with van der Waals surface area (Å²) < 4.78 is 38.0. The zero-order chi connectivity index (χ0) is 26.1. The van der Waals surface area contributed by atoms with Crippen LogP contribution in [0.3, 0.4) is 0 Å². The van der Waals surface area contributed by atoms with Crippen LogP contribution in [0.25, 0.3) is 0 Å². The van der Waals surface area contributed by atoms with E-state index in [1.807, 2.05) is 0 Å². The normalized spacial score (nSPS) is 10.9. The number of benzene rings is 2. The van der Waals surface area contributed by atoms with Crippen molar-refractivity contribution in [2.24, 2.45) is 0 Å². The number of aromatic nitrogens is 2. The van der Waals surface area contributed by atoms with Crippen LogP contribution >= 0.6 is 35.4 Å². The fraction of sp³-hybridized carbons (Fsp3) is 0.182. The van der Waals surface area contributed by atoms with Gasteiger partial charge in [0.2, 0.25) is 11.8 Å². The molecule has 3 N–H and O–H groups in total. The number of halogens is 2. The first-order valence-electron chi connectivity index (χ1n) is 10.3. The smallest absolute Gasteiger partial charge is 0.263 e. The van der Waals surface area contributed by atoms with Crippen LogP contribution in [-0.2, 0) is 14.8 Å². The van der Waals surface area contributed by atoms with E-state index in [9.17, 15) is 13.2 Å². The Bertz CT molecular complexity index is 1340. The molecule has 0 unspecified atom stereocenters. The molecule has 1 amide bonds. The second kappa shape index (κ2) is 12.7. The molecule has 0 aliphatic rings. The van der Waals surface area contributed by atoms with E-state index in [4.69, 9.17) is 44.9 Å². The van der Waals surface area contributed by atoms with Crippen LogP contribution in [0.4, 0.5) is 11.5 Å². The van der Waals surface area contributed by atoms with Gasteiger partial charge in [-0.2, -0.15) is 0 Å². The lowest BCUT2D eigenvalue weighted by Gasteiger charge is -2.11. The maximum Gasteiger partial charge on any atom is 0.263 e. The Morgan fingerprint density at radius 3 is 2.53 bits per heavy atom. The number of carbonyl (C=O) groups excluding carboxylic acids is 1. The van der Waals surface area contributed by atoms with Gasteiger partial charge in [0, 0.05) is 23.2 Å². The van der Waals surface area contributed by atoms with Gasteiger partial charge in [-0.25, -0.2) is 18.4 Å². The van der Waals surface area contributed by atoms with Crippen LogP contribution in [0.5, 0.6) is 11.6 Å². The fourth-order valence-corrected chi connectivity index (χ4v) is 4.47. The Morgan fingerprint density at radius 1 is 1.08 bits per heavy atom. The van der Waals surface area contributed by atoms with Gasteiger partial charge in [-0.15, -0.1) is 0 Å². The molecule has 36 heavy (non-hydrogen) atoms. The zero-order valence-corrected chi connectivity index (χ0v) is 22.0. The molecule has 0 aliphatic heterocycles. The fourth-order valence-electron chi connectivity index (χ4n) is 2.78. The minimum absolute atomic E-state index is 0.00127. The zero-order valence-electron chi connectivity index (χ0n) is 18.8. The van der Waals surface area contributed by atoms with E-state index in [0.29, 0.717) is 27.9 Å². The van der Waals surface area contributed by atoms with Gasteiger partial charge >= 0.3 is 0 Å². The largest absolute Gasteiger partial charge is 0.492 e. The molecule has 14 heteroatoms. The van der Waals surface area contributed by atoms with Crippen molar-refractivity contribution in [3.05, 3.63) is 64.9 Å². The van der Waals surface area contributed by atoms with Crippen molar-refractivity contribution in [1.82, 2.24) is 15.3 Å². The molecule has 0 bridgehead atoms. The highest BCUT2D eigenvalue weighted by Crippen LogP contribution is 2.27. The summed E-state index contributed by atoms with van der Waals surface area (Å²) >= 11 is 17.0. The van der Waals surface area contributed by atoms with Crippen LogP contribution in [0.2, 0.25) is 10.0 Å². The molecular formula is C22H21Cl2N5O5S2. The van der Waals surface area contributed by atoms with Crippen molar-refractivity contribution in [3.63, 3.8) is 0 Å². The van der Waals surface area contributed by atoms with E-state index >= 15 is 0 Å². The Kier molecular flexibility index (Phi) is 9.65. The minimum atomic E-state index is -3.89. The highest BCUT2D eigenvalue weighted by molar-refractivity contribution is 7.92. The summed E-state index contributed by atoms with van der Waals surface area (Å²) in [6, 6.07) is 12.0. The lowest BCUT2D eigenvalue weighted by atomic mass is 10.3. The van der Waals surface area contributed by atoms with Gasteiger partial charge in [-0.05, 0) is 61.1 Å². The first-order chi connectivity index (χ1) is 17.2. The van der Waals surface area contributed by atoms with Gasteiger partial charge in [-0.3, -0.25) is 9.52 Å². The van der Waals surface area contributed by atoms with E-state index in [2.05, 4.69) is 25.3 Å². The van der Waals surface area contributed by atoms with E-state index < -0.39 is 10.0 Å². The standard InChI is InChI=1S/C22H21Cl2N5O5S2/c1-33-21-12-19(25-13-26-21)29-36(31,32)16-7-5-15(6-8-16)27-22(35)28-20(30)3-2-10-34-18-9-4-14(23)11-17(18)24/h4-9,11-13H,2-3,10H2,1H3,(H,25,26,29)(H2,27,28,30,35). The third-order valence-electron chi connectivity index (χ3n) is 4.47. The van der Waals surface area contributed by atoms with Crippen molar-refractivity contribution in [2.45, 2.75) is 17.7 Å². The first kappa shape index (κ1) is 27.4. The van der Waals surface area contributed by atoms with Gasteiger partial charge in [0.1, 0.15) is 17.9 Å². The van der Waals surface area contributed by atoms with Gasteiger partial charge in [-0.1, -0.05) is 23.2 Å². The number of nitrogens with one attached hydrogen (secondary N) is 3. The van der Waals surface area contributed by atoms with Gasteiger partial charge in [0.15, 0.2) is 5.11 Å². The number of rotatable bonds is 10. The summed E-state index contributed by atoms with van der Waals surface area (Å²) in [5.41, 5.74) is 0.490. The second-order valence-corrected chi connectivity index (χ2v) is 10.0. The molecular weight excluding hydrogens is 549 g/mol. The average molecular weight is 570 g/mol. The number of hydrogen-bond donors (Lipinski definition) is 3. The summed E-state index contributed by atoms with van der Waals surface area (Å²) in [7, 11) is -2.48. The quantitative estimate of drug-likeness (QED) is 0.242. The molecule has 0 radical (unpaired) electrons. The number of anilines is 2. The minimum Gasteiger partial charge on any atom is -0.492 e. The molecule has 190 valence electrons. The molecule has 2 aromatic carbocycles. The predicted molar refractivity (Wildman–Crippen MR) is 141 cm³/mol. The van der Waals surface area contributed by atoms with Gasteiger partial charge in [0.25, 0.3) is 10.0 Å². The third-order valence-corrected chi connectivity index (χ3v) is 6.57. The van der Waals surface area contributed by atoms with E-state index in [0.717, 1.165) is 0 Å². The molecule has 3 rings (SSSR count). The Hall–Kier alpha value is -3.19. The molecule has 3 aromatic rings. The van der Waals surface area contributed by atoms with Crippen LogP contribution in [0, 0.1) is 0 Å². The monoisotopic (exact) mass is 569 g/mol. The van der Waals surface area contributed by atoms with Crippen molar-refractivity contribution in [2.75, 3.05) is 23.8 Å². The maximum absolute atomic E-state index is 12.6. The van der Waals surface area contributed by atoms with Crippen molar-refractivity contribution >= 4 is 68.0 Å². The van der Waals surface area contributed by atoms with Gasteiger partial charge < -0.3 is 20.1 Å². The third kappa shape index (κ3) is 8.19. The number of nitrogens with zero attached hydrogens (tertiary/aromatic N) is 2. The van der Waals surface area contributed by atoms with Crippen molar-refractivity contribution in [1.29, 1.82) is 0 Å².